The summed E-state index contributed by atoms with van der Waals surface area (Å²) in [5.74, 6) is 0. The van der Waals surface area contributed by atoms with E-state index in [4.69, 9.17) is 0 Å². The van der Waals surface area contributed by atoms with E-state index in [1.807, 2.05) is 0 Å². The normalized spacial score (nSPS) is 40.1. The van der Waals surface area contributed by atoms with Crippen LogP contribution in [0.5, 0.6) is 0 Å². The summed E-state index contributed by atoms with van der Waals surface area (Å²) in [5.41, 5.74) is 2.64. The van der Waals surface area contributed by atoms with Crippen LogP contribution in [-0.2, 0) is 0 Å². The van der Waals surface area contributed by atoms with E-state index in [2.05, 4.69) is 39.0 Å². The van der Waals surface area contributed by atoms with Crippen LogP contribution >= 0.6 is 0 Å². The molecule has 0 heterocycles. The lowest BCUT2D eigenvalue weighted by molar-refractivity contribution is 0.251. The van der Waals surface area contributed by atoms with Crippen LogP contribution in [0.4, 0.5) is 0 Å². The molecule has 0 aromatic carbocycles. The van der Waals surface area contributed by atoms with Gasteiger partial charge in [0.15, 0.2) is 0 Å². The molecular formula is C14H22. The second-order valence-corrected chi connectivity index (χ2v) is 5.15. The van der Waals surface area contributed by atoms with Crippen molar-refractivity contribution in [1.29, 1.82) is 0 Å². The summed E-state index contributed by atoms with van der Waals surface area (Å²) in [6.07, 6.45) is 14.1. The van der Waals surface area contributed by atoms with Crippen LogP contribution in [0.25, 0.3) is 0 Å². The Kier molecular flexibility index (Phi) is 2.33. The van der Waals surface area contributed by atoms with Crippen molar-refractivity contribution >= 4 is 0 Å². The molecule has 0 heteroatoms. The van der Waals surface area contributed by atoms with Crippen LogP contribution in [0, 0.1) is 10.8 Å². The van der Waals surface area contributed by atoms with Crippen molar-refractivity contribution in [1.82, 2.24) is 0 Å². The second kappa shape index (κ2) is 3.25. The Morgan fingerprint density at radius 1 is 1.14 bits per heavy atom. The first-order valence-corrected chi connectivity index (χ1v) is 6.08. The first kappa shape index (κ1) is 10.0. The zero-order chi connectivity index (χ0) is 10.2. The van der Waals surface area contributed by atoms with Gasteiger partial charge in [0, 0.05) is 5.41 Å². The SMILES string of the molecule is CCC1=CC2(CC)C=CC(CC)(C1)C2. The highest BCUT2D eigenvalue weighted by Crippen LogP contribution is 2.56. The van der Waals surface area contributed by atoms with Gasteiger partial charge in [-0.1, -0.05) is 44.6 Å². The van der Waals surface area contributed by atoms with Crippen LogP contribution in [0.15, 0.2) is 23.8 Å². The van der Waals surface area contributed by atoms with Gasteiger partial charge in [0.25, 0.3) is 0 Å². The van der Waals surface area contributed by atoms with Gasteiger partial charge >= 0.3 is 0 Å². The average molecular weight is 190 g/mol. The van der Waals surface area contributed by atoms with Crippen LogP contribution in [0.2, 0.25) is 0 Å². The van der Waals surface area contributed by atoms with E-state index in [-0.39, 0.29) is 0 Å². The minimum atomic E-state index is 0.430. The lowest BCUT2D eigenvalue weighted by Crippen LogP contribution is -2.26. The third-order valence-electron chi connectivity index (χ3n) is 4.34. The summed E-state index contributed by atoms with van der Waals surface area (Å²) in [7, 11) is 0. The van der Waals surface area contributed by atoms with Crippen molar-refractivity contribution in [3.8, 4) is 0 Å². The Balaban J connectivity index is 2.35. The minimum Gasteiger partial charge on any atom is -0.0811 e. The molecule has 0 fully saturated rings. The number of allylic oxidation sites excluding steroid dienone is 4. The number of fused-ring (bicyclic) bond motifs is 2. The highest BCUT2D eigenvalue weighted by molar-refractivity contribution is 5.32. The average Bonchev–Trinajstić information content (AvgIpc) is 2.52. The van der Waals surface area contributed by atoms with E-state index in [0.717, 1.165) is 0 Å². The van der Waals surface area contributed by atoms with Crippen molar-refractivity contribution in [3.05, 3.63) is 23.8 Å². The van der Waals surface area contributed by atoms with Crippen LogP contribution in [0.1, 0.15) is 52.9 Å². The zero-order valence-electron chi connectivity index (χ0n) is 9.77. The molecule has 0 N–H and O–H groups in total. The summed E-state index contributed by atoms with van der Waals surface area (Å²) in [6.45, 7) is 6.96. The van der Waals surface area contributed by atoms with Gasteiger partial charge < -0.3 is 0 Å². The molecule has 2 bridgehead atoms. The molecule has 2 atom stereocenters. The molecule has 0 saturated carbocycles. The lowest BCUT2D eigenvalue weighted by Gasteiger charge is -2.38. The fourth-order valence-electron chi connectivity index (χ4n) is 3.19. The predicted octanol–water partition coefficient (Wildman–Crippen LogP) is 4.48. The van der Waals surface area contributed by atoms with Crippen LogP contribution in [0.3, 0.4) is 0 Å². The van der Waals surface area contributed by atoms with Gasteiger partial charge in [-0.2, -0.15) is 0 Å². The molecule has 0 amide bonds. The van der Waals surface area contributed by atoms with Gasteiger partial charge in [0.05, 0.1) is 0 Å². The van der Waals surface area contributed by atoms with Gasteiger partial charge in [0.2, 0.25) is 0 Å². The number of hydrogen-bond acceptors (Lipinski definition) is 0. The fraction of sp³-hybridized carbons (Fsp3) is 0.714. The molecule has 14 heavy (non-hydrogen) atoms. The van der Waals surface area contributed by atoms with E-state index >= 15 is 0 Å². The van der Waals surface area contributed by atoms with Crippen LogP contribution in [-0.4, -0.2) is 0 Å². The first-order chi connectivity index (χ1) is 6.67. The molecule has 0 saturated heterocycles. The van der Waals surface area contributed by atoms with E-state index in [9.17, 15) is 0 Å². The molecule has 2 aliphatic rings. The van der Waals surface area contributed by atoms with E-state index in [1.54, 1.807) is 5.57 Å². The molecule has 2 aliphatic carbocycles. The highest BCUT2D eigenvalue weighted by atomic mass is 14.5. The van der Waals surface area contributed by atoms with Gasteiger partial charge in [-0.25, -0.2) is 0 Å². The Bertz CT molecular complexity index is 284. The largest absolute Gasteiger partial charge is 0.0811 e. The standard InChI is InChI=1S/C14H22/c1-4-12-9-13(5-2)7-8-14(6-3,10-12)11-13/h7-9H,4-6,10-11H2,1-3H3. The predicted molar refractivity (Wildman–Crippen MR) is 62.2 cm³/mol. The Morgan fingerprint density at radius 3 is 2.50 bits per heavy atom. The lowest BCUT2D eigenvalue weighted by atomic mass is 9.66. The van der Waals surface area contributed by atoms with Crippen LogP contribution < -0.4 is 0 Å². The Hall–Kier alpha value is -0.520. The van der Waals surface area contributed by atoms with E-state index < -0.39 is 0 Å². The third kappa shape index (κ3) is 1.36. The summed E-state index contributed by atoms with van der Waals surface area (Å²) >= 11 is 0. The molecule has 0 aliphatic heterocycles. The molecule has 0 aromatic rings. The first-order valence-electron chi connectivity index (χ1n) is 6.08. The topological polar surface area (TPSA) is 0 Å². The molecule has 0 radical (unpaired) electrons. The molecular weight excluding hydrogens is 168 g/mol. The maximum atomic E-state index is 2.56. The number of hydrogen-bond donors (Lipinski definition) is 0. The maximum absolute atomic E-state index is 2.56. The summed E-state index contributed by atoms with van der Waals surface area (Å²) in [5, 5.41) is 0. The molecule has 0 spiro atoms. The Morgan fingerprint density at radius 2 is 1.93 bits per heavy atom. The van der Waals surface area contributed by atoms with Gasteiger partial charge in [-0.3, -0.25) is 0 Å². The molecule has 2 unspecified atom stereocenters. The molecule has 2 rings (SSSR count). The summed E-state index contributed by atoms with van der Waals surface area (Å²) < 4.78 is 0. The minimum absolute atomic E-state index is 0.430. The molecule has 0 nitrogen and oxygen atoms in total. The molecule has 78 valence electrons. The fourth-order valence-corrected chi connectivity index (χ4v) is 3.19. The smallest absolute Gasteiger partial charge is 0.00695 e. The van der Waals surface area contributed by atoms with Crippen molar-refractivity contribution in [2.75, 3.05) is 0 Å². The quantitative estimate of drug-likeness (QED) is 0.576. The van der Waals surface area contributed by atoms with Gasteiger partial charge in [0.1, 0.15) is 0 Å². The van der Waals surface area contributed by atoms with Crippen molar-refractivity contribution in [2.24, 2.45) is 10.8 Å². The van der Waals surface area contributed by atoms with Gasteiger partial charge in [-0.05, 0) is 37.5 Å². The number of rotatable bonds is 3. The highest BCUT2D eigenvalue weighted by Gasteiger charge is 2.43. The van der Waals surface area contributed by atoms with Crippen molar-refractivity contribution in [2.45, 2.75) is 52.9 Å². The van der Waals surface area contributed by atoms with Gasteiger partial charge in [-0.15, -0.1) is 0 Å². The zero-order valence-corrected chi connectivity index (χ0v) is 9.77. The third-order valence-corrected chi connectivity index (χ3v) is 4.34. The maximum Gasteiger partial charge on any atom is 0.00695 e. The Labute approximate surface area is 88.1 Å². The second-order valence-electron chi connectivity index (χ2n) is 5.15. The van der Waals surface area contributed by atoms with E-state index in [0.29, 0.717) is 10.8 Å². The summed E-state index contributed by atoms with van der Waals surface area (Å²) in [6, 6.07) is 0. The van der Waals surface area contributed by atoms with Crippen molar-refractivity contribution < 1.29 is 0 Å². The molecule has 0 aromatic heterocycles. The van der Waals surface area contributed by atoms with Crippen molar-refractivity contribution in [3.63, 3.8) is 0 Å². The monoisotopic (exact) mass is 190 g/mol. The summed E-state index contributed by atoms with van der Waals surface area (Å²) in [4.78, 5) is 0. The van der Waals surface area contributed by atoms with E-state index in [1.165, 1.54) is 32.1 Å².